The number of esters is 1. The molecule has 2 aromatic carbocycles. The molecule has 0 aliphatic rings. The summed E-state index contributed by atoms with van der Waals surface area (Å²) in [6, 6.07) is 15.5. The van der Waals surface area contributed by atoms with E-state index in [9.17, 15) is 14.4 Å². The van der Waals surface area contributed by atoms with Gasteiger partial charge in [-0.3, -0.25) is 10.1 Å². The summed E-state index contributed by atoms with van der Waals surface area (Å²) in [4.78, 5) is 39.5. The van der Waals surface area contributed by atoms with E-state index in [1.807, 2.05) is 18.2 Å². The molecule has 3 rings (SSSR count). The first-order valence-electron chi connectivity index (χ1n) is 9.10. The van der Waals surface area contributed by atoms with E-state index in [-0.39, 0.29) is 23.4 Å². The zero-order valence-electron chi connectivity index (χ0n) is 16.4. The summed E-state index contributed by atoms with van der Waals surface area (Å²) in [6.07, 6.45) is -0.677. The van der Waals surface area contributed by atoms with Crippen LogP contribution in [0.1, 0.15) is 36.7 Å². The van der Waals surface area contributed by atoms with Crippen molar-refractivity contribution in [3.8, 4) is 0 Å². The highest BCUT2D eigenvalue weighted by atomic mass is 16.6. The number of pyridine rings is 1. The maximum absolute atomic E-state index is 12.6. The van der Waals surface area contributed by atoms with Crippen LogP contribution < -0.4 is 10.9 Å². The molecule has 0 saturated heterocycles. The molecular formula is C22H22N2O5. The average Bonchev–Trinajstić information content (AvgIpc) is 2.65. The fourth-order valence-electron chi connectivity index (χ4n) is 2.70. The van der Waals surface area contributed by atoms with Gasteiger partial charge in [-0.05, 0) is 50.4 Å². The number of fused-ring (bicyclic) bond motifs is 1. The van der Waals surface area contributed by atoms with Gasteiger partial charge in [-0.2, -0.15) is 0 Å². The molecule has 0 aliphatic carbocycles. The largest absolute Gasteiger partial charge is 0.457 e. The highest BCUT2D eigenvalue weighted by Gasteiger charge is 2.19. The monoisotopic (exact) mass is 394 g/mol. The van der Waals surface area contributed by atoms with Crippen LogP contribution >= 0.6 is 0 Å². The summed E-state index contributed by atoms with van der Waals surface area (Å²) in [5.74, 6) is -0.663. The Labute approximate surface area is 167 Å². The van der Waals surface area contributed by atoms with Gasteiger partial charge in [-0.1, -0.05) is 30.3 Å². The summed E-state index contributed by atoms with van der Waals surface area (Å²) in [6.45, 7) is 5.04. The third-order valence-electron chi connectivity index (χ3n) is 3.97. The van der Waals surface area contributed by atoms with E-state index in [1.165, 1.54) is 6.07 Å². The van der Waals surface area contributed by atoms with E-state index in [0.717, 1.165) is 5.39 Å². The van der Waals surface area contributed by atoms with Crippen LogP contribution in [-0.2, 0) is 16.1 Å². The molecule has 1 heterocycles. The number of H-pyrrole nitrogens is 1. The number of carbonyl (C=O) groups excluding carboxylic acids is 2. The summed E-state index contributed by atoms with van der Waals surface area (Å²) in [7, 11) is 0. The van der Waals surface area contributed by atoms with Gasteiger partial charge in [0.2, 0.25) is 0 Å². The van der Waals surface area contributed by atoms with Gasteiger partial charge in [0.15, 0.2) is 0 Å². The number of anilines is 1. The van der Waals surface area contributed by atoms with Crippen molar-refractivity contribution in [1.29, 1.82) is 0 Å². The molecule has 7 nitrogen and oxygen atoms in total. The molecule has 0 aliphatic heterocycles. The van der Waals surface area contributed by atoms with E-state index in [1.54, 1.807) is 51.1 Å². The minimum atomic E-state index is -0.677. The molecule has 150 valence electrons. The van der Waals surface area contributed by atoms with E-state index < -0.39 is 17.7 Å². The molecular weight excluding hydrogens is 372 g/mol. The Balaban J connectivity index is 1.74. The van der Waals surface area contributed by atoms with Crippen LogP contribution in [0.25, 0.3) is 10.9 Å². The first-order chi connectivity index (χ1) is 13.7. The Hall–Kier alpha value is -3.61. The lowest BCUT2D eigenvalue weighted by Crippen LogP contribution is -2.27. The lowest BCUT2D eigenvalue weighted by Gasteiger charge is -2.20. The molecule has 0 unspecified atom stereocenters. The number of aromatic amines is 1. The van der Waals surface area contributed by atoms with Crippen molar-refractivity contribution < 1.29 is 19.1 Å². The average molecular weight is 394 g/mol. The quantitative estimate of drug-likeness (QED) is 0.645. The zero-order valence-corrected chi connectivity index (χ0v) is 16.4. The molecule has 0 fully saturated rings. The lowest BCUT2D eigenvalue weighted by atomic mass is 10.1. The number of aromatic nitrogens is 1. The van der Waals surface area contributed by atoms with E-state index >= 15 is 0 Å². The Morgan fingerprint density at radius 3 is 2.48 bits per heavy atom. The van der Waals surface area contributed by atoms with Gasteiger partial charge >= 0.3 is 12.1 Å². The Kier molecular flexibility index (Phi) is 5.68. The number of hydrogen-bond donors (Lipinski definition) is 2. The second-order valence-electron chi connectivity index (χ2n) is 7.46. The van der Waals surface area contributed by atoms with Gasteiger partial charge < -0.3 is 14.5 Å². The number of para-hydroxylation sites is 2. The maximum atomic E-state index is 12.6. The number of rotatable bonds is 4. The van der Waals surface area contributed by atoms with Crippen molar-refractivity contribution >= 4 is 28.7 Å². The fourth-order valence-corrected chi connectivity index (χ4v) is 2.70. The highest BCUT2D eigenvalue weighted by Crippen LogP contribution is 2.19. The second kappa shape index (κ2) is 8.18. The molecule has 0 saturated carbocycles. The first kappa shape index (κ1) is 20.1. The third kappa shape index (κ3) is 5.22. The van der Waals surface area contributed by atoms with Crippen LogP contribution in [0.3, 0.4) is 0 Å². The third-order valence-corrected chi connectivity index (χ3v) is 3.97. The molecule has 0 spiro atoms. The highest BCUT2D eigenvalue weighted by molar-refractivity contribution is 5.99. The van der Waals surface area contributed by atoms with Crippen molar-refractivity contribution in [2.45, 2.75) is 33.0 Å². The van der Waals surface area contributed by atoms with E-state index in [2.05, 4.69) is 10.3 Å². The Morgan fingerprint density at radius 2 is 1.72 bits per heavy atom. The molecule has 7 heteroatoms. The number of carbonyl (C=O) groups is 2. The summed E-state index contributed by atoms with van der Waals surface area (Å²) in [5, 5.41) is 3.39. The number of amides is 1. The van der Waals surface area contributed by atoms with Crippen molar-refractivity contribution in [2.24, 2.45) is 0 Å². The number of hydrogen-bond acceptors (Lipinski definition) is 5. The Morgan fingerprint density at radius 1 is 1.03 bits per heavy atom. The van der Waals surface area contributed by atoms with Gasteiger partial charge in [0.05, 0.1) is 16.8 Å². The van der Waals surface area contributed by atoms with Crippen LogP contribution in [0.5, 0.6) is 0 Å². The van der Waals surface area contributed by atoms with Crippen LogP contribution in [0.4, 0.5) is 10.5 Å². The standard InChI is InChI=1S/C22H22N2O5/c1-22(2,3)29-21(27)24-18-11-7-5-9-16(18)20(26)28-13-15-12-14-8-4-6-10-17(14)23-19(15)25/h4-12H,13H2,1-3H3,(H,23,25)(H,24,27). The van der Waals surface area contributed by atoms with Crippen LogP contribution in [0, 0.1) is 0 Å². The molecule has 1 aromatic heterocycles. The minimum Gasteiger partial charge on any atom is -0.457 e. The molecule has 0 bridgehead atoms. The van der Waals surface area contributed by atoms with E-state index in [4.69, 9.17) is 9.47 Å². The van der Waals surface area contributed by atoms with Crippen LogP contribution in [-0.4, -0.2) is 22.6 Å². The predicted octanol–water partition coefficient (Wildman–Crippen LogP) is 4.23. The van der Waals surface area contributed by atoms with Crippen LogP contribution in [0.15, 0.2) is 59.4 Å². The molecule has 1 amide bonds. The maximum Gasteiger partial charge on any atom is 0.412 e. The van der Waals surface area contributed by atoms with Crippen molar-refractivity contribution in [3.63, 3.8) is 0 Å². The normalized spacial score (nSPS) is 11.1. The van der Waals surface area contributed by atoms with Crippen molar-refractivity contribution in [1.82, 2.24) is 4.98 Å². The first-order valence-corrected chi connectivity index (χ1v) is 9.10. The van der Waals surface area contributed by atoms with E-state index in [0.29, 0.717) is 11.1 Å². The topological polar surface area (TPSA) is 97.5 Å². The lowest BCUT2D eigenvalue weighted by molar-refractivity contribution is 0.0472. The SMILES string of the molecule is CC(C)(C)OC(=O)Nc1ccccc1C(=O)OCc1cc2ccccc2[nH]c1=O. The summed E-state index contributed by atoms with van der Waals surface area (Å²) >= 11 is 0. The number of nitrogens with one attached hydrogen (secondary N) is 2. The van der Waals surface area contributed by atoms with Gasteiger partial charge in [-0.25, -0.2) is 9.59 Å². The molecule has 0 radical (unpaired) electrons. The molecule has 3 aromatic rings. The van der Waals surface area contributed by atoms with Crippen molar-refractivity contribution in [2.75, 3.05) is 5.32 Å². The second-order valence-corrected chi connectivity index (χ2v) is 7.46. The van der Waals surface area contributed by atoms with Gasteiger partial charge in [-0.15, -0.1) is 0 Å². The predicted molar refractivity (Wildman–Crippen MR) is 110 cm³/mol. The smallest absolute Gasteiger partial charge is 0.412 e. The zero-order chi connectivity index (χ0) is 21.0. The number of ether oxygens (including phenoxy) is 2. The molecule has 29 heavy (non-hydrogen) atoms. The fraction of sp³-hybridized carbons (Fsp3) is 0.227. The van der Waals surface area contributed by atoms with Crippen LogP contribution in [0.2, 0.25) is 0 Å². The van der Waals surface area contributed by atoms with Crippen molar-refractivity contribution in [3.05, 3.63) is 76.1 Å². The Bertz CT molecular complexity index is 1110. The summed E-state index contributed by atoms with van der Waals surface area (Å²) < 4.78 is 10.5. The number of benzene rings is 2. The van der Waals surface area contributed by atoms with Gasteiger partial charge in [0.25, 0.3) is 5.56 Å². The summed E-state index contributed by atoms with van der Waals surface area (Å²) in [5.41, 5.74) is 0.469. The molecule has 2 N–H and O–H groups in total. The minimum absolute atomic E-state index is 0.163. The molecule has 0 atom stereocenters. The van der Waals surface area contributed by atoms with Gasteiger partial charge in [0.1, 0.15) is 12.2 Å². The van der Waals surface area contributed by atoms with Gasteiger partial charge in [0, 0.05) is 5.52 Å².